The number of benzene rings is 1. The van der Waals surface area contributed by atoms with Crippen LogP contribution in [-0.4, -0.2) is 14.2 Å². The minimum Gasteiger partial charge on any atom is -0.493 e. The number of methoxy groups -OCH3 is 2. The van der Waals surface area contributed by atoms with Crippen LogP contribution in [0.25, 0.3) is 0 Å². The quantitative estimate of drug-likeness (QED) is 0.725. The van der Waals surface area contributed by atoms with E-state index in [0.29, 0.717) is 5.92 Å². The molecular weight excluding hydrogens is 200 g/mol. The second-order valence-electron chi connectivity index (χ2n) is 4.08. The number of ether oxygens (including phenoxy) is 2. The van der Waals surface area contributed by atoms with Gasteiger partial charge in [-0.3, -0.25) is 0 Å². The third-order valence-electron chi connectivity index (χ3n) is 3.19. The molecule has 1 aromatic rings. The lowest BCUT2D eigenvalue weighted by Gasteiger charge is -2.12. The van der Waals surface area contributed by atoms with Crippen LogP contribution in [0.15, 0.2) is 24.3 Å². The monoisotopic (exact) mass is 218 g/mol. The first-order valence-corrected chi connectivity index (χ1v) is 5.67. The number of fused-ring (bicyclic) bond motifs is 1. The zero-order valence-corrected chi connectivity index (χ0v) is 10.1. The van der Waals surface area contributed by atoms with Gasteiger partial charge in [0.2, 0.25) is 0 Å². The molecule has 2 rings (SSSR count). The van der Waals surface area contributed by atoms with Crippen LogP contribution < -0.4 is 9.47 Å². The largest absolute Gasteiger partial charge is 0.493 e. The van der Waals surface area contributed by atoms with E-state index in [1.54, 1.807) is 14.2 Å². The molecule has 2 heteroatoms. The lowest BCUT2D eigenvalue weighted by atomic mass is 10.0. The highest BCUT2D eigenvalue weighted by Crippen LogP contribution is 2.40. The van der Waals surface area contributed by atoms with Crippen molar-refractivity contribution < 1.29 is 9.47 Å². The Kier molecular flexibility index (Phi) is 3.18. The standard InChI is InChI=1S/C14H18O2/c1-4-5-10-6-7-11-8-13(15-2)14(16-3)9-12(10)11/h4-5,8-10H,6-7H2,1-3H3/b5-4+. The first kappa shape index (κ1) is 11.1. The van der Waals surface area contributed by atoms with Crippen LogP contribution >= 0.6 is 0 Å². The van der Waals surface area contributed by atoms with Crippen LogP contribution in [0.4, 0.5) is 0 Å². The third-order valence-corrected chi connectivity index (χ3v) is 3.19. The first-order valence-electron chi connectivity index (χ1n) is 5.67. The Balaban J connectivity index is 2.44. The molecule has 0 N–H and O–H groups in total. The number of rotatable bonds is 3. The molecule has 1 atom stereocenters. The van der Waals surface area contributed by atoms with E-state index in [2.05, 4.69) is 31.2 Å². The Morgan fingerprint density at radius 1 is 1.19 bits per heavy atom. The van der Waals surface area contributed by atoms with Gasteiger partial charge in [-0.1, -0.05) is 12.2 Å². The zero-order valence-electron chi connectivity index (χ0n) is 10.1. The van der Waals surface area contributed by atoms with Crippen molar-refractivity contribution in [3.05, 3.63) is 35.4 Å². The van der Waals surface area contributed by atoms with E-state index in [4.69, 9.17) is 9.47 Å². The van der Waals surface area contributed by atoms with Gasteiger partial charge in [0.15, 0.2) is 11.5 Å². The average molecular weight is 218 g/mol. The second kappa shape index (κ2) is 4.60. The van der Waals surface area contributed by atoms with Crippen LogP contribution in [-0.2, 0) is 6.42 Å². The predicted octanol–water partition coefficient (Wildman–Crippen LogP) is 3.31. The van der Waals surface area contributed by atoms with Gasteiger partial charge in [0.1, 0.15) is 0 Å². The normalized spacial score (nSPS) is 18.8. The Morgan fingerprint density at radius 2 is 1.88 bits per heavy atom. The zero-order chi connectivity index (χ0) is 11.5. The summed E-state index contributed by atoms with van der Waals surface area (Å²) >= 11 is 0. The molecule has 0 saturated heterocycles. The summed E-state index contributed by atoms with van der Waals surface area (Å²) in [5.41, 5.74) is 2.77. The fourth-order valence-electron chi connectivity index (χ4n) is 2.40. The molecule has 0 amide bonds. The van der Waals surface area contributed by atoms with E-state index in [9.17, 15) is 0 Å². The molecule has 1 unspecified atom stereocenters. The van der Waals surface area contributed by atoms with E-state index < -0.39 is 0 Å². The van der Waals surface area contributed by atoms with Gasteiger partial charge in [0.25, 0.3) is 0 Å². The molecule has 86 valence electrons. The highest BCUT2D eigenvalue weighted by Gasteiger charge is 2.22. The maximum atomic E-state index is 5.34. The lowest BCUT2D eigenvalue weighted by Crippen LogP contribution is -1.95. The molecule has 1 aliphatic rings. The Labute approximate surface area is 96.9 Å². The molecule has 0 fully saturated rings. The van der Waals surface area contributed by atoms with Crippen LogP contribution in [0.5, 0.6) is 11.5 Å². The van der Waals surface area contributed by atoms with E-state index in [1.807, 2.05) is 0 Å². The molecule has 0 radical (unpaired) electrons. The topological polar surface area (TPSA) is 18.5 Å². The van der Waals surface area contributed by atoms with Gasteiger partial charge in [0, 0.05) is 5.92 Å². The second-order valence-corrected chi connectivity index (χ2v) is 4.08. The maximum absolute atomic E-state index is 5.34. The fourth-order valence-corrected chi connectivity index (χ4v) is 2.40. The van der Waals surface area contributed by atoms with Crippen molar-refractivity contribution in [3.8, 4) is 11.5 Å². The van der Waals surface area contributed by atoms with Crippen LogP contribution in [0.1, 0.15) is 30.4 Å². The fraction of sp³-hybridized carbons (Fsp3) is 0.429. The van der Waals surface area contributed by atoms with Crippen molar-refractivity contribution in [1.82, 2.24) is 0 Å². The van der Waals surface area contributed by atoms with Gasteiger partial charge in [-0.05, 0) is 43.0 Å². The van der Waals surface area contributed by atoms with Gasteiger partial charge in [-0.25, -0.2) is 0 Å². The van der Waals surface area contributed by atoms with Crippen molar-refractivity contribution >= 4 is 0 Å². The van der Waals surface area contributed by atoms with Gasteiger partial charge < -0.3 is 9.47 Å². The number of hydrogen-bond donors (Lipinski definition) is 0. The van der Waals surface area contributed by atoms with E-state index in [1.165, 1.54) is 17.5 Å². The average Bonchev–Trinajstić information content (AvgIpc) is 2.70. The van der Waals surface area contributed by atoms with Crippen molar-refractivity contribution in [2.24, 2.45) is 0 Å². The van der Waals surface area contributed by atoms with Gasteiger partial charge in [-0.15, -0.1) is 0 Å². The van der Waals surface area contributed by atoms with Gasteiger partial charge in [0.05, 0.1) is 14.2 Å². The number of aryl methyl sites for hydroxylation is 1. The molecule has 0 bridgehead atoms. The summed E-state index contributed by atoms with van der Waals surface area (Å²) in [7, 11) is 3.37. The Bertz CT molecular complexity index is 407. The molecule has 0 spiro atoms. The summed E-state index contributed by atoms with van der Waals surface area (Å²) in [4.78, 5) is 0. The summed E-state index contributed by atoms with van der Waals surface area (Å²) in [5.74, 6) is 2.21. The summed E-state index contributed by atoms with van der Waals surface area (Å²) in [5, 5.41) is 0. The van der Waals surface area contributed by atoms with Gasteiger partial charge in [-0.2, -0.15) is 0 Å². The van der Waals surface area contributed by atoms with Crippen LogP contribution in [0.2, 0.25) is 0 Å². The highest BCUT2D eigenvalue weighted by molar-refractivity contribution is 5.51. The number of hydrogen-bond acceptors (Lipinski definition) is 2. The summed E-state index contributed by atoms with van der Waals surface area (Å²) in [6.45, 7) is 2.07. The van der Waals surface area contributed by atoms with Gasteiger partial charge >= 0.3 is 0 Å². The van der Waals surface area contributed by atoms with Crippen molar-refractivity contribution in [1.29, 1.82) is 0 Å². The number of allylic oxidation sites excluding steroid dienone is 2. The molecule has 1 aromatic carbocycles. The summed E-state index contributed by atoms with van der Waals surface area (Å²) < 4.78 is 10.7. The molecule has 2 nitrogen and oxygen atoms in total. The summed E-state index contributed by atoms with van der Waals surface area (Å²) in [6.07, 6.45) is 6.70. The first-order chi connectivity index (χ1) is 7.80. The predicted molar refractivity (Wildman–Crippen MR) is 65.4 cm³/mol. The smallest absolute Gasteiger partial charge is 0.161 e. The lowest BCUT2D eigenvalue weighted by molar-refractivity contribution is 0.354. The van der Waals surface area contributed by atoms with Crippen LogP contribution in [0.3, 0.4) is 0 Å². The SMILES string of the molecule is C/C=C/C1CCc2cc(OC)c(OC)cc21. The maximum Gasteiger partial charge on any atom is 0.161 e. The molecule has 16 heavy (non-hydrogen) atoms. The Hall–Kier alpha value is -1.44. The highest BCUT2D eigenvalue weighted by atomic mass is 16.5. The molecular formula is C14H18O2. The summed E-state index contributed by atoms with van der Waals surface area (Å²) in [6, 6.07) is 4.23. The van der Waals surface area contributed by atoms with E-state index in [0.717, 1.165) is 17.9 Å². The third kappa shape index (κ3) is 1.80. The van der Waals surface area contributed by atoms with E-state index >= 15 is 0 Å². The minimum absolute atomic E-state index is 0.541. The molecule has 0 aromatic heterocycles. The minimum atomic E-state index is 0.541. The Morgan fingerprint density at radius 3 is 2.50 bits per heavy atom. The molecule has 1 aliphatic carbocycles. The van der Waals surface area contributed by atoms with Crippen LogP contribution in [0, 0.1) is 0 Å². The molecule has 0 heterocycles. The van der Waals surface area contributed by atoms with Crippen molar-refractivity contribution in [3.63, 3.8) is 0 Å². The van der Waals surface area contributed by atoms with E-state index in [-0.39, 0.29) is 0 Å². The molecule has 0 aliphatic heterocycles. The molecule has 0 saturated carbocycles. The van der Waals surface area contributed by atoms with Crippen molar-refractivity contribution in [2.75, 3.05) is 14.2 Å². The van der Waals surface area contributed by atoms with Crippen molar-refractivity contribution in [2.45, 2.75) is 25.7 Å².